The Morgan fingerprint density at radius 1 is 0.971 bits per heavy atom. The fourth-order valence-electron chi connectivity index (χ4n) is 4.06. The summed E-state index contributed by atoms with van der Waals surface area (Å²) in [5.41, 5.74) is -0.0362. The Hall–Kier alpha value is -4.58. The molecule has 7 nitrogen and oxygen atoms in total. The molecule has 1 unspecified atom stereocenters. The van der Waals surface area contributed by atoms with Crippen LogP contribution in [-0.4, -0.2) is 38.5 Å². The maximum Gasteiger partial charge on any atom is 0.332 e. The Morgan fingerprint density at radius 2 is 1.66 bits per heavy atom. The largest absolute Gasteiger partial charge is 0.332 e. The van der Waals surface area contributed by atoms with Crippen molar-refractivity contribution in [1.82, 2.24) is 19.5 Å². The number of benzene rings is 2. The van der Waals surface area contributed by atoms with E-state index in [0.717, 1.165) is 12.1 Å². The van der Waals surface area contributed by atoms with Gasteiger partial charge in [-0.05, 0) is 43.3 Å². The third-order valence-corrected chi connectivity index (χ3v) is 6.14. The van der Waals surface area contributed by atoms with Gasteiger partial charge in [-0.3, -0.25) is 4.79 Å². The van der Waals surface area contributed by atoms with Crippen LogP contribution in [0.2, 0.25) is 0 Å². The second-order valence-corrected chi connectivity index (χ2v) is 8.37. The quantitative estimate of drug-likeness (QED) is 0.413. The van der Waals surface area contributed by atoms with E-state index in [1.54, 1.807) is 55.7 Å². The number of aromatic nitrogens is 3. The molecule has 0 N–H and O–H groups in total. The van der Waals surface area contributed by atoms with E-state index in [-0.39, 0.29) is 12.0 Å². The average molecular weight is 471 g/mol. The molecule has 174 valence electrons. The fourth-order valence-corrected chi connectivity index (χ4v) is 4.06. The van der Waals surface area contributed by atoms with E-state index in [9.17, 15) is 9.59 Å². The topological polar surface area (TPSA) is 70.8 Å². The number of carbonyl (C=O) groups is 2. The van der Waals surface area contributed by atoms with Gasteiger partial charge in [0, 0.05) is 30.6 Å². The number of nitrogens with zero attached hydrogens (tertiary/aromatic N) is 5. The number of amides is 3. The van der Waals surface area contributed by atoms with Crippen molar-refractivity contribution in [1.29, 1.82) is 0 Å². The molecule has 1 aliphatic rings. The Morgan fingerprint density at radius 3 is 2.37 bits per heavy atom. The van der Waals surface area contributed by atoms with Crippen molar-refractivity contribution in [2.75, 3.05) is 11.9 Å². The molecule has 4 aromatic rings. The van der Waals surface area contributed by atoms with Gasteiger partial charge >= 0.3 is 6.03 Å². The monoisotopic (exact) mass is 471 g/mol. The first-order valence-corrected chi connectivity index (χ1v) is 10.8. The summed E-state index contributed by atoms with van der Waals surface area (Å²) in [6.07, 6.45) is 3.00. The van der Waals surface area contributed by atoms with E-state index in [1.807, 2.05) is 6.07 Å². The summed E-state index contributed by atoms with van der Waals surface area (Å²) in [6, 6.07) is 13.5. The van der Waals surface area contributed by atoms with E-state index < -0.39 is 34.8 Å². The highest BCUT2D eigenvalue weighted by Crippen LogP contribution is 2.38. The summed E-state index contributed by atoms with van der Waals surface area (Å²) in [6.45, 7) is 1.68. The lowest BCUT2D eigenvalue weighted by atomic mass is 9.88. The van der Waals surface area contributed by atoms with Crippen molar-refractivity contribution in [2.24, 2.45) is 0 Å². The third kappa shape index (κ3) is 3.79. The van der Waals surface area contributed by atoms with E-state index in [1.165, 1.54) is 16.5 Å². The van der Waals surface area contributed by atoms with Crippen molar-refractivity contribution in [2.45, 2.75) is 18.9 Å². The van der Waals surface area contributed by atoms with E-state index in [4.69, 9.17) is 0 Å². The Bertz CT molecular complexity index is 1520. The molecule has 3 amide bonds. The normalized spacial score (nSPS) is 18.1. The number of imidazole rings is 1. The van der Waals surface area contributed by atoms with E-state index >= 15 is 8.78 Å². The standard InChI is InChI=1S/C26H19F2N5O2/c1-26(21-10-11-22-29-12-13-32(22)30-21)16-23(34)33(25(35)31(26)2)24-19(27)14-18(15-20(24)28)9-8-17-6-4-3-5-7-17/h3-7,10-15H,16H2,1-2H3. The molecule has 0 radical (unpaired) electrons. The van der Waals surface area contributed by atoms with Gasteiger partial charge < -0.3 is 4.90 Å². The van der Waals surface area contributed by atoms with Crippen LogP contribution in [0.3, 0.4) is 0 Å². The van der Waals surface area contributed by atoms with Crippen LogP contribution in [0.25, 0.3) is 5.65 Å². The summed E-state index contributed by atoms with van der Waals surface area (Å²) >= 11 is 0. The third-order valence-electron chi connectivity index (χ3n) is 6.14. The van der Waals surface area contributed by atoms with Crippen molar-refractivity contribution >= 4 is 23.3 Å². The van der Waals surface area contributed by atoms with Crippen LogP contribution in [0.1, 0.15) is 30.2 Å². The molecule has 5 rings (SSSR count). The highest BCUT2D eigenvalue weighted by molar-refractivity contribution is 6.16. The number of rotatable bonds is 2. The number of hydrogen-bond donors (Lipinski definition) is 0. The molecule has 35 heavy (non-hydrogen) atoms. The van der Waals surface area contributed by atoms with Gasteiger partial charge in [-0.25, -0.2) is 28.0 Å². The molecule has 1 atom stereocenters. The van der Waals surface area contributed by atoms with Gasteiger partial charge in [-0.2, -0.15) is 5.10 Å². The molecule has 2 aromatic carbocycles. The molecular formula is C26H19F2N5O2. The van der Waals surface area contributed by atoms with Gasteiger partial charge in [0.25, 0.3) is 0 Å². The lowest BCUT2D eigenvalue weighted by molar-refractivity contribution is -0.122. The van der Waals surface area contributed by atoms with E-state index in [2.05, 4.69) is 21.9 Å². The van der Waals surface area contributed by atoms with Crippen LogP contribution in [-0.2, 0) is 10.3 Å². The zero-order valence-corrected chi connectivity index (χ0v) is 18.9. The van der Waals surface area contributed by atoms with Crippen molar-refractivity contribution in [3.05, 3.63) is 95.4 Å². The number of imide groups is 1. The van der Waals surface area contributed by atoms with Crippen LogP contribution in [0.5, 0.6) is 0 Å². The fraction of sp³-hybridized carbons (Fsp3) is 0.154. The summed E-state index contributed by atoms with van der Waals surface area (Å²) in [5, 5.41) is 4.47. The maximum absolute atomic E-state index is 15.1. The number of urea groups is 1. The van der Waals surface area contributed by atoms with Crippen LogP contribution in [0.15, 0.2) is 67.0 Å². The Balaban J connectivity index is 1.48. The lowest BCUT2D eigenvalue weighted by Crippen LogP contribution is -2.60. The van der Waals surface area contributed by atoms with Gasteiger partial charge in [-0.15, -0.1) is 0 Å². The summed E-state index contributed by atoms with van der Waals surface area (Å²) in [5.74, 6) is 2.67. The van der Waals surface area contributed by atoms with Crippen molar-refractivity contribution < 1.29 is 18.4 Å². The number of fused-ring (bicyclic) bond motifs is 1. The number of anilines is 1. The lowest BCUT2D eigenvalue weighted by Gasteiger charge is -2.44. The number of carbonyl (C=O) groups excluding carboxylic acids is 2. The molecule has 1 aliphatic heterocycles. The maximum atomic E-state index is 15.1. The molecular weight excluding hydrogens is 452 g/mol. The molecule has 0 aliphatic carbocycles. The van der Waals surface area contributed by atoms with Crippen LogP contribution < -0.4 is 4.90 Å². The zero-order valence-electron chi connectivity index (χ0n) is 18.9. The summed E-state index contributed by atoms with van der Waals surface area (Å²) in [4.78, 5) is 32.3. The zero-order chi connectivity index (χ0) is 24.7. The Labute approximate surface area is 199 Å². The predicted octanol–water partition coefficient (Wildman–Crippen LogP) is 4.11. The second-order valence-electron chi connectivity index (χ2n) is 8.37. The Kier molecular flexibility index (Phi) is 5.29. The average Bonchev–Trinajstić information content (AvgIpc) is 3.32. The molecule has 1 saturated heterocycles. The van der Waals surface area contributed by atoms with Crippen LogP contribution in [0, 0.1) is 23.5 Å². The summed E-state index contributed by atoms with van der Waals surface area (Å²) < 4.78 is 31.6. The predicted molar refractivity (Wildman–Crippen MR) is 124 cm³/mol. The van der Waals surface area contributed by atoms with Gasteiger partial charge in [0.2, 0.25) is 5.91 Å². The number of hydrogen-bond acceptors (Lipinski definition) is 4. The first-order valence-electron chi connectivity index (χ1n) is 10.8. The molecule has 9 heteroatoms. The first-order chi connectivity index (χ1) is 16.8. The minimum atomic E-state index is -1.13. The van der Waals surface area contributed by atoms with Gasteiger partial charge in [0.1, 0.15) is 5.69 Å². The highest BCUT2D eigenvalue weighted by Gasteiger charge is 2.48. The smallest absolute Gasteiger partial charge is 0.315 e. The second kappa shape index (κ2) is 8.33. The van der Waals surface area contributed by atoms with Gasteiger partial charge in [0.05, 0.1) is 17.7 Å². The SMILES string of the molecule is CN1C(=O)N(c2c(F)cc(C#Cc3ccccc3)cc2F)C(=O)CC1(C)c1ccc2nccn2n1. The van der Waals surface area contributed by atoms with Gasteiger partial charge in [-0.1, -0.05) is 30.0 Å². The first kappa shape index (κ1) is 22.2. The molecule has 0 bridgehead atoms. The molecule has 0 spiro atoms. The minimum Gasteiger partial charge on any atom is -0.315 e. The highest BCUT2D eigenvalue weighted by atomic mass is 19.1. The minimum absolute atomic E-state index is 0.0838. The van der Waals surface area contributed by atoms with Crippen LogP contribution in [0.4, 0.5) is 19.3 Å². The van der Waals surface area contributed by atoms with Crippen LogP contribution >= 0.6 is 0 Å². The van der Waals surface area contributed by atoms with Gasteiger partial charge in [0.15, 0.2) is 17.3 Å². The summed E-state index contributed by atoms with van der Waals surface area (Å²) in [7, 11) is 1.47. The van der Waals surface area contributed by atoms with Crippen molar-refractivity contribution in [3.63, 3.8) is 0 Å². The molecule has 0 saturated carbocycles. The molecule has 1 fully saturated rings. The van der Waals surface area contributed by atoms with E-state index in [0.29, 0.717) is 21.8 Å². The molecule has 2 aromatic heterocycles. The van der Waals surface area contributed by atoms with Crippen molar-refractivity contribution in [3.8, 4) is 11.8 Å². The molecule has 3 heterocycles. The number of halogens is 2.